The van der Waals surface area contributed by atoms with Gasteiger partial charge in [-0.25, -0.2) is 0 Å². The fraction of sp³-hybridized carbons (Fsp3) is 0.733. The van der Waals surface area contributed by atoms with Crippen molar-refractivity contribution in [1.29, 1.82) is 0 Å². The number of aliphatic hydroxyl groups is 1. The third-order valence-corrected chi connectivity index (χ3v) is 4.04. The number of aliphatic hydroxyl groups excluding tert-OH is 1. The molecule has 1 rings (SSSR count). The summed E-state index contributed by atoms with van der Waals surface area (Å²) in [6, 6.07) is 0. The number of rotatable bonds is 8. The number of ether oxygens (including phenoxy) is 2. The molecule has 0 aromatic rings. The third kappa shape index (κ3) is 4.14. The number of methoxy groups -OCH3 is 2. The van der Waals surface area contributed by atoms with Gasteiger partial charge in [-0.15, -0.1) is 13.2 Å². The van der Waals surface area contributed by atoms with Crippen molar-refractivity contribution in [2.24, 2.45) is 0 Å². The highest BCUT2D eigenvalue weighted by atomic mass is 16.7. The molecule has 1 heterocycles. The molecule has 4 nitrogen and oxygen atoms in total. The summed E-state index contributed by atoms with van der Waals surface area (Å²) in [6.45, 7) is 9.23. The number of nitrogens with zero attached hydrogens (tertiary/aromatic N) is 1. The zero-order valence-corrected chi connectivity index (χ0v) is 12.2. The van der Waals surface area contributed by atoms with E-state index in [1.54, 1.807) is 14.2 Å². The van der Waals surface area contributed by atoms with Gasteiger partial charge >= 0.3 is 0 Å². The lowest BCUT2D eigenvalue weighted by atomic mass is 9.81. The second-order valence-electron chi connectivity index (χ2n) is 5.13. The molecule has 1 fully saturated rings. The fourth-order valence-corrected chi connectivity index (χ4v) is 2.83. The molecule has 110 valence electrons. The molecule has 1 aliphatic rings. The molecule has 1 aliphatic heterocycles. The Bertz CT molecular complexity index is 291. The first kappa shape index (κ1) is 16.4. The maximum atomic E-state index is 9.84. The monoisotopic (exact) mass is 269 g/mol. The van der Waals surface area contributed by atoms with E-state index in [4.69, 9.17) is 9.47 Å². The quantitative estimate of drug-likeness (QED) is 0.540. The van der Waals surface area contributed by atoms with E-state index in [-0.39, 0.29) is 17.9 Å². The number of hydrogen-bond acceptors (Lipinski definition) is 4. The average Bonchev–Trinajstić information content (AvgIpc) is 2.43. The lowest BCUT2D eigenvalue weighted by Gasteiger charge is -2.47. The molecule has 0 aromatic carbocycles. The van der Waals surface area contributed by atoms with Crippen LogP contribution in [-0.4, -0.2) is 55.2 Å². The van der Waals surface area contributed by atoms with Gasteiger partial charge in [-0.3, -0.25) is 4.90 Å². The van der Waals surface area contributed by atoms with Gasteiger partial charge in [0.15, 0.2) is 6.29 Å². The summed E-state index contributed by atoms with van der Waals surface area (Å²) >= 11 is 0. The van der Waals surface area contributed by atoms with Crippen LogP contribution in [0.5, 0.6) is 0 Å². The van der Waals surface area contributed by atoms with Crippen LogP contribution < -0.4 is 0 Å². The van der Waals surface area contributed by atoms with E-state index in [1.807, 2.05) is 12.2 Å². The van der Waals surface area contributed by atoms with Crippen LogP contribution >= 0.6 is 0 Å². The molecule has 1 saturated heterocycles. The smallest absolute Gasteiger partial charge is 0.156 e. The summed E-state index contributed by atoms with van der Waals surface area (Å²) in [5.74, 6) is 0. The molecule has 0 aromatic heterocycles. The highest BCUT2D eigenvalue weighted by Crippen LogP contribution is 2.34. The number of β-amino-alcohol motifs (C(OH)–C–C–N with tert-alkyl or cyclic N) is 1. The molecule has 19 heavy (non-hydrogen) atoms. The SMILES string of the molecule is C=CCN1C[C@H](O)CC[C@]1(C=C)CCC(OC)OC. The summed E-state index contributed by atoms with van der Waals surface area (Å²) in [5.41, 5.74) is -0.0945. The summed E-state index contributed by atoms with van der Waals surface area (Å²) < 4.78 is 10.5. The van der Waals surface area contributed by atoms with Gasteiger partial charge in [0.25, 0.3) is 0 Å². The maximum absolute atomic E-state index is 9.84. The van der Waals surface area contributed by atoms with Crippen LogP contribution in [0.2, 0.25) is 0 Å². The molecule has 0 bridgehead atoms. The van der Waals surface area contributed by atoms with Crippen LogP contribution in [0.1, 0.15) is 25.7 Å². The van der Waals surface area contributed by atoms with Crippen LogP contribution in [0.25, 0.3) is 0 Å². The van der Waals surface area contributed by atoms with Crippen LogP contribution in [0, 0.1) is 0 Å². The highest BCUT2D eigenvalue weighted by molar-refractivity contribution is 5.08. The van der Waals surface area contributed by atoms with Crippen molar-refractivity contribution in [3.8, 4) is 0 Å². The van der Waals surface area contributed by atoms with E-state index in [9.17, 15) is 5.11 Å². The minimum absolute atomic E-state index is 0.0945. The zero-order chi connectivity index (χ0) is 14.3. The minimum atomic E-state index is -0.256. The van der Waals surface area contributed by atoms with Crippen LogP contribution in [0.3, 0.4) is 0 Å². The second-order valence-corrected chi connectivity index (χ2v) is 5.13. The summed E-state index contributed by atoms with van der Waals surface area (Å²) in [7, 11) is 3.31. The second kappa shape index (κ2) is 7.80. The number of likely N-dealkylation sites (tertiary alicyclic amines) is 1. The molecular formula is C15H27NO3. The molecule has 1 N–H and O–H groups in total. The van der Waals surface area contributed by atoms with Gasteiger partial charge < -0.3 is 14.6 Å². The van der Waals surface area contributed by atoms with E-state index in [2.05, 4.69) is 18.1 Å². The molecule has 0 amide bonds. The van der Waals surface area contributed by atoms with Crippen molar-refractivity contribution in [3.63, 3.8) is 0 Å². The zero-order valence-electron chi connectivity index (χ0n) is 12.2. The molecule has 0 unspecified atom stereocenters. The Morgan fingerprint density at radius 3 is 2.63 bits per heavy atom. The van der Waals surface area contributed by atoms with Gasteiger partial charge in [-0.1, -0.05) is 12.2 Å². The van der Waals surface area contributed by atoms with Gasteiger partial charge in [0.05, 0.1) is 6.10 Å². The molecular weight excluding hydrogens is 242 g/mol. The van der Waals surface area contributed by atoms with E-state index < -0.39 is 0 Å². The third-order valence-electron chi connectivity index (χ3n) is 4.04. The van der Waals surface area contributed by atoms with Crippen molar-refractivity contribution in [1.82, 2.24) is 4.90 Å². The molecule has 4 heteroatoms. The van der Waals surface area contributed by atoms with Crippen molar-refractivity contribution in [3.05, 3.63) is 25.3 Å². The van der Waals surface area contributed by atoms with E-state index in [0.717, 1.165) is 32.2 Å². The minimum Gasteiger partial charge on any atom is -0.392 e. The first-order chi connectivity index (χ1) is 9.11. The van der Waals surface area contributed by atoms with Crippen molar-refractivity contribution >= 4 is 0 Å². The average molecular weight is 269 g/mol. The largest absolute Gasteiger partial charge is 0.392 e. The normalized spacial score (nSPS) is 28.5. The van der Waals surface area contributed by atoms with Gasteiger partial charge in [0.1, 0.15) is 0 Å². The molecule has 0 radical (unpaired) electrons. The fourth-order valence-electron chi connectivity index (χ4n) is 2.83. The van der Waals surface area contributed by atoms with Gasteiger partial charge in [-0.05, 0) is 19.3 Å². The van der Waals surface area contributed by atoms with Crippen molar-refractivity contribution < 1.29 is 14.6 Å². The van der Waals surface area contributed by atoms with Crippen LogP contribution in [-0.2, 0) is 9.47 Å². The summed E-state index contributed by atoms with van der Waals surface area (Å²) in [5, 5.41) is 9.84. The lowest BCUT2D eigenvalue weighted by Crippen LogP contribution is -2.54. The van der Waals surface area contributed by atoms with E-state index in [0.29, 0.717) is 6.54 Å². The molecule has 0 spiro atoms. The van der Waals surface area contributed by atoms with Gasteiger partial charge in [-0.2, -0.15) is 0 Å². The lowest BCUT2D eigenvalue weighted by molar-refractivity contribution is -0.114. The molecule has 0 aliphatic carbocycles. The summed E-state index contributed by atoms with van der Waals surface area (Å²) in [4.78, 5) is 2.25. The Kier molecular flexibility index (Phi) is 6.72. The summed E-state index contributed by atoms with van der Waals surface area (Å²) in [6.07, 6.45) is 6.87. The predicted octanol–water partition coefficient (Wildman–Crippen LogP) is 1.95. The van der Waals surface area contributed by atoms with Gasteiger partial charge in [0.2, 0.25) is 0 Å². The standard InChI is InChI=1S/C15H27NO3/c1-5-11-16-12-13(17)7-9-15(16,6-2)10-8-14(18-3)19-4/h5-6,13-14,17H,1-2,7-12H2,3-4H3/t13-,15-/m1/s1. The Morgan fingerprint density at radius 1 is 1.42 bits per heavy atom. The van der Waals surface area contributed by atoms with Crippen molar-refractivity contribution in [2.75, 3.05) is 27.3 Å². The topological polar surface area (TPSA) is 41.9 Å². The molecule has 0 saturated carbocycles. The maximum Gasteiger partial charge on any atom is 0.156 e. The number of hydrogen-bond donors (Lipinski definition) is 1. The van der Waals surface area contributed by atoms with E-state index in [1.165, 1.54) is 0 Å². The Labute approximate surface area is 116 Å². The van der Waals surface area contributed by atoms with Crippen LogP contribution in [0.4, 0.5) is 0 Å². The van der Waals surface area contributed by atoms with Crippen LogP contribution in [0.15, 0.2) is 25.3 Å². The van der Waals surface area contributed by atoms with E-state index >= 15 is 0 Å². The number of piperidine rings is 1. The first-order valence-electron chi connectivity index (χ1n) is 6.85. The molecule has 2 atom stereocenters. The first-order valence-corrected chi connectivity index (χ1v) is 6.85. The highest BCUT2D eigenvalue weighted by Gasteiger charge is 2.38. The Hall–Kier alpha value is -0.680. The Balaban J connectivity index is 2.74. The predicted molar refractivity (Wildman–Crippen MR) is 77.0 cm³/mol. The Morgan fingerprint density at radius 2 is 2.11 bits per heavy atom. The van der Waals surface area contributed by atoms with Gasteiger partial charge in [0, 0.05) is 39.3 Å². The van der Waals surface area contributed by atoms with Crippen molar-refractivity contribution in [2.45, 2.75) is 43.6 Å².